The Kier molecular flexibility index (Phi) is 8.33. The number of amides is 2. The van der Waals surface area contributed by atoms with Crippen LogP contribution in [-0.2, 0) is 4.79 Å². The maximum absolute atomic E-state index is 12.5. The van der Waals surface area contributed by atoms with Crippen molar-refractivity contribution in [1.82, 2.24) is 5.43 Å². The number of nitrogens with zero attached hydrogens (tertiary/aromatic N) is 1. The Labute approximate surface area is 214 Å². The molecule has 4 aromatic carbocycles. The van der Waals surface area contributed by atoms with Crippen LogP contribution in [0.5, 0.6) is 5.75 Å². The molecular weight excluding hydrogens is 466 g/mol. The summed E-state index contributed by atoms with van der Waals surface area (Å²) in [4.78, 5) is 37.0. The van der Waals surface area contributed by atoms with Crippen LogP contribution < -0.4 is 15.5 Å². The van der Waals surface area contributed by atoms with Gasteiger partial charge in [-0.2, -0.15) is 5.10 Å². The van der Waals surface area contributed by atoms with Crippen molar-refractivity contribution in [2.45, 2.75) is 0 Å². The Bertz CT molecular complexity index is 1430. The molecule has 0 saturated heterocycles. The molecule has 2 N–H and O–H groups in total. The number of ether oxygens (including phenoxy) is 1. The summed E-state index contributed by atoms with van der Waals surface area (Å²) in [6, 6.07) is 31.5. The molecule has 4 rings (SSSR count). The van der Waals surface area contributed by atoms with E-state index in [1.165, 1.54) is 12.3 Å². The van der Waals surface area contributed by atoms with Crippen molar-refractivity contribution in [3.63, 3.8) is 0 Å². The highest BCUT2D eigenvalue weighted by atomic mass is 16.5. The number of hydrazone groups is 1. The monoisotopic (exact) mass is 489 g/mol. The van der Waals surface area contributed by atoms with Gasteiger partial charge in [-0.1, -0.05) is 60.7 Å². The van der Waals surface area contributed by atoms with Crippen LogP contribution in [0.25, 0.3) is 6.08 Å². The van der Waals surface area contributed by atoms with Crippen molar-refractivity contribution in [3.8, 4) is 5.75 Å². The van der Waals surface area contributed by atoms with Crippen molar-refractivity contribution in [2.75, 3.05) is 5.32 Å². The summed E-state index contributed by atoms with van der Waals surface area (Å²) in [6.45, 7) is 0. The van der Waals surface area contributed by atoms with Gasteiger partial charge in [-0.25, -0.2) is 10.2 Å². The smallest absolute Gasteiger partial charge is 0.336 e. The summed E-state index contributed by atoms with van der Waals surface area (Å²) >= 11 is 0. The molecule has 7 nitrogen and oxygen atoms in total. The van der Waals surface area contributed by atoms with Crippen LogP contribution in [0.15, 0.2) is 120 Å². The zero-order valence-corrected chi connectivity index (χ0v) is 19.7. The summed E-state index contributed by atoms with van der Waals surface area (Å²) in [5.41, 5.74) is 5.31. The number of esters is 1. The average molecular weight is 490 g/mol. The second-order valence-corrected chi connectivity index (χ2v) is 7.80. The average Bonchev–Trinajstić information content (AvgIpc) is 2.94. The summed E-state index contributed by atoms with van der Waals surface area (Å²) in [5.74, 6) is -0.898. The van der Waals surface area contributed by atoms with Crippen LogP contribution in [0.4, 0.5) is 5.69 Å². The van der Waals surface area contributed by atoms with Gasteiger partial charge in [0.1, 0.15) is 5.75 Å². The molecule has 0 bridgehead atoms. The molecule has 0 fully saturated rings. The van der Waals surface area contributed by atoms with Crippen molar-refractivity contribution < 1.29 is 19.1 Å². The van der Waals surface area contributed by atoms with E-state index in [2.05, 4.69) is 15.8 Å². The molecule has 2 amide bonds. The third-order valence-corrected chi connectivity index (χ3v) is 5.15. The molecule has 0 unspecified atom stereocenters. The van der Waals surface area contributed by atoms with Crippen molar-refractivity contribution >= 4 is 35.8 Å². The first-order chi connectivity index (χ1) is 18.1. The molecule has 0 aromatic heterocycles. The number of para-hydroxylation sites is 1. The first-order valence-corrected chi connectivity index (χ1v) is 11.4. The molecule has 0 heterocycles. The normalized spacial score (nSPS) is 10.8. The van der Waals surface area contributed by atoms with E-state index in [1.54, 1.807) is 78.9 Å². The maximum Gasteiger partial charge on any atom is 0.336 e. The van der Waals surface area contributed by atoms with E-state index in [0.29, 0.717) is 28.1 Å². The third kappa shape index (κ3) is 7.34. The van der Waals surface area contributed by atoms with E-state index in [0.717, 1.165) is 5.56 Å². The Morgan fingerprint density at radius 1 is 0.676 bits per heavy atom. The van der Waals surface area contributed by atoms with Crippen LogP contribution in [0.1, 0.15) is 31.8 Å². The third-order valence-electron chi connectivity index (χ3n) is 5.15. The van der Waals surface area contributed by atoms with Gasteiger partial charge >= 0.3 is 5.97 Å². The fraction of sp³-hybridized carbons (Fsp3) is 0. The minimum atomic E-state index is -0.534. The minimum absolute atomic E-state index is 0.239. The molecule has 37 heavy (non-hydrogen) atoms. The van der Waals surface area contributed by atoms with Gasteiger partial charge in [-0.05, 0) is 60.2 Å². The lowest BCUT2D eigenvalue weighted by molar-refractivity contribution is -0.128. The predicted octanol–water partition coefficient (Wildman–Crippen LogP) is 5.32. The lowest BCUT2D eigenvalue weighted by atomic mass is 10.1. The molecule has 0 spiro atoms. The summed E-state index contributed by atoms with van der Waals surface area (Å²) in [6.07, 6.45) is 4.41. The van der Waals surface area contributed by atoms with Gasteiger partial charge in [-0.3, -0.25) is 9.59 Å². The molecular formula is C30H23N3O4. The number of hydrogen-bond acceptors (Lipinski definition) is 5. The highest BCUT2D eigenvalue weighted by molar-refractivity contribution is 6.04. The number of carbonyl (C=O) groups is 3. The van der Waals surface area contributed by atoms with Crippen molar-refractivity contribution in [1.29, 1.82) is 0 Å². The van der Waals surface area contributed by atoms with E-state index < -0.39 is 11.9 Å². The summed E-state index contributed by atoms with van der Waals surface area (Å²) in [5, 5.41) is 6.77. The van der Waals surface area contributed by atoms with E-state index in [1.807, 2.05) is 36.4 Å². The molecule has 4 aromatic rings. The van der Waals surface area contributed by atoms with Gasteiger partial charge in [0.05, 0.1) is 6.21 Å². The molecule has 0 saturated carbocycles. The zero-order chi connectivity index (χ0) is 25.9. The first kappa shape index (κ1) is 24.8. The Balaban J connectivity index is 1.33. The Morgan fingerprint density at radius 2 is 1.30 bits per heavy atom. The van der Waals surface area contributed by atoms with Gasteiger partial charge in [0.25, 0.3) is 11.8 Å². The van der Waals surface area contributed by atoms with E-state index >= 15 is 0 Å². The second-order valence-electron chi connectivity index (χ2n) is 7.80. The number of rotatable bonds is 8. The standard InChI is InChI=1S/C30H23N3O4/c34-28(20-15-22-9-3-1-4-10-22)37-27-14-8-7-13-25(27)21-31-33-30(36)24-16-18-26(19-17-24)32-29(35)23-11-5-2-6-12-23/h1-21H,(H,32,35)(H,33,36)/b20-15+,31-21-. The topological polar surface area (TPSA) is 96.9 Å². The highest BCUT2D eigenvalue weighted by Crippen LogP contribution is 2.17. The number of carbonyl (C=O) groups excluding carboxylic acids is 3. The van der Waals surface area contributed by atoms with Gasteiger partial charge in [0.2, 0.25) is 0 Å². The maximum atomic E-state index is 12.5. The molecule has 0 aliphatic heterocycles. The van der Waals surface area contributed by atoms with Gasteiger partial charge in [0, 0.05) is 28.5 Å². The van der Waals surface area contributed by atoms with Gasteiger partial charge in [-0.15, -0.1) is 0 Å². The number of nitrogens with one attached hydrogen (secondary N) is 2. The largest absolute Gasteiger partial charge is 0.423 e. The van der Waals surface area contributed by atoms with Gasteiger partial charge in [0.15, 0.2) is 0 Å². The lowest BCUT2D eigenvalue weighted by Gasteiger charge is -2.07. The molecule has 7 heteroatoms. The van der Waals surface area contributed by atoms with Crippen molar-refractivity contribution in [2.24, 2.45) is 5.10 Å². The van der Waals surface area contributed by atoms with Crippen molar-refractivity contribution in [3.05, 3.63) is 138 Å². The van der Waals surface area contributed by atoms with E-state index in [9.17, 15) is 14.4 Å². The lowest BCUT2D eigenvalue weighted by Crippen LogP contribution is -2.18. The Hall–Kier alpha value is -5.30. The fourth-order valence-corrected chi connectivity index (χ4v) is 3.27. The van der Waals surface area contributed by atoms with E-state index in [-0.39, 0.29) is 5.91 Å². The fourth-order valence-electron chi connectivity index (χ4n) is 3.27. The molecule has 0 aliphatic carbocycles. The van der Waals surface area contributed by atoms with Crippen LogP contribution in [0, 0.1) is 0 Å². The predicted molar refractivity (Wildman–Crippen MR) is 143 cm³/mol. The second kappa shape index (κ2) is 12.4. The summed E-state index contributed by atoms with van der Waals surface area (Å²) < 4.78 is 5.42. The van der Waals surface area contributed by atoms with Crippen LogP contribution in [-0.4, -0.2) is 24.0 Å². The quantitative estimate of drug-likeness (QED) is 0.115. The van der Waals surface area contributed by atoms with Crippen LogP contribution >= 0.6 is 0 Å². The number of hydrogen-bond donors (Lipinski definition) is 2. The van der Waals surface area contributed by atoms with Gasteiger partial charge < -0.3 is 10.1 Å². The number of benzene rings is 4. The highest BCUT2D eigenvalue weighted by Gasteiger charge is 2.08. The first-order valence-electron chi connectivity index (χ1n) is 11.4. The Morgan fingerprint density at radius 3 is 2.03 bits per heavy atom. The summed E-state index contributed by atoms with van der Waals surface area (Å²) in [7, 11) is 0. The molecule has 0 radical (unpaired) electrons. The van der Waals surface area contributed by atoms with Crippen LogP contribution in [0.3, 0.4) is 0 Å². The molecule has 182 valence electrons. The molecule has 0 atom stereocenters. The minimum Gasteiger partial charge on any atom is -0.423 e. The molecule has 0 aliphatic rings. The SMILES string of the molecule is O=C(/C=C/c1ccccc1)Oc1ccccc1/C=N\NC(=O)c1ccc(NC(=O)c2ccccc2)cc1. The zero-order valence-electron chi connectivity index (χ0n) is 19.7. The van der Waals surface area contributed by atoms with E-state index in [4.69, 9.17) is 4.74 Å². The number of anilines is 1. The van der Waals surface area contributed by atoms with Crippen LogP contribution in [0.2, 0.25) is 0 Å².